The first kappa shape index (κ1) is 21.9. The van der Waals surface area contributed by atoms with E-state index in [0.717, 1.165) is 5.56 Å². The van der Waals surface area contributed by atoms with E-state index in [-0.39, 0.29) is 0 Å². The lowest BCUT2D eigenvalue weighted by atomic mass is 10.2. The molecule has 0 unspecified atom stereocenters. The molecule has 0 spiro atoms. The lowest BCUT2D eigenvalue weighted by Crippen LogP contribution is -2.21. The fraction of sp³-hybridized carbons (Fsp3) is 0.261. The standard InChI is InChI=1S/C23H25N3O5/c1-15-22(16(2)26(25-15)13-17-8-6-5-7-9-17)23(28)31-14-21(27)24-18-10-11-19(29-3)20(12-18)30-4/h5-12H,13-14H2,1-4H3,(H,24,27). The molecule has 0 atom stereocenters. The van der Waals surface area contributed by atoms with E-state index >= 15 is 0 Å². The fourth-order valence-electron chi connectivity index (χ4n) is 3.22. The highest BCUT2D eigenvalue weighted by Gasteiger charge is 2.21. The predicted octanol–water partition coefficient (Wildman–Crippen LogP) is 3.36. The van der Waals surface area contributed by atoms with Gasteiger partial charge >= 0.3 is 5.97 Å². The number of carbonyl (C=O) groups is 2. The SMILES string of the molecule is COc1ccc(NC(=O)COC(=O)c2c(C)nn(Cc3ccccc3)c2C)cc1OC. The first-order valence-electron chi connectivity index (χ1n) is 9.70. The van der Waals surface area contributed by atoms with Gasteiger partial charge in [0.2, 0.25) is 0 Å². The molecule has 8 nitrogen and oxygen atoms in total. The Morgan fingerprint density at radius 3 is 2.39 bits per heavy atom. The summed E-state index contributed by atoms with van der Waals surface area (Å²) in [5, 5.41) is 7.12. The number of carbonyl (C=O) groups excluding carboxylic acids is 2. The molecule has 0 saturated carbocycles. The number of hydrogen-bond donors (Lipinski definition) is 1. The van der Waals surface area contributed by atoms with Gasteiger partial charge in [-0.3, -0.25) is 9.48 Å². The summed E-state index contributed by atoms with van der Waals surface area (Å²) in [6, 6.07) is 14.8. The second kappa shape index (κ2) is 9.80. The Balaban J connectivity index is 1.62. The molecule has 3 rings (SSSR count). The molecular formula is C23H25N3O5. The van der Waals surface area contributed by atoms with Crippen LogP contribution in [0.5, 0.6) is 11.5 Å². The van der Waals surface area contributed by atoms with Crippen LogP contribution in [0.25, 0.3) is 0 Å². The van der Waals surface area contributed by atoms with Gasteiger partial charge < -0.3 is 19.5 Å². The number of nitrogens with one attached hydrogen (secondary N) is 1. The largest absolute Gasteiger partial charge is 0.493 e. The molecule has 0 aliphatic carbocycles. The number of benzene rings is 2. The van der Waals surface area contributed by atoms with E-state index in [1.165, 1.54) is 14.2 Å². The van der Waals surface area contributed by atoms with Gasteiger partial charge in [-0.15, -0.1) is 0 Å². The minimum absolute atomic E-state index is 0.370. The third-order valence-corrected chi connectivity index (χ3v) is 4.76. The van der Waals surface area contributed by atoms with Gasteiger partial charge in [-0.25, -0.2) is 4.79 Å². The molecule has 1 heterocycles. The molecule has 1 N–H and O–H groups in total. The van der Waals surface area contributed by atoms with Gasteiger partial charge in [0.25, 0.3) is 5.91 Å². The maximum absolute atomic E-state index is 12.6. The van der Waals surface area contributed by atoms with Crippen molar-refractivity contribution < 1.29 is 23.8 Å². The van der Waals surface area contributed by atoms with Crippen LogP contribution in [-0.2, 0) is 16.1 Å². The van der Waals surface area contributed by atoms with Crippen LogP contribution in [0.4, 0.5) is 5.69 Å². The molecule has 0 aliphatic heterocycles. The number of anilines is 1. The highest BCUT2D eigenvalue weighted by atomic mass is 16.5. The van der Waals surface area contributed by atoms with Crippen molar-refractivity contribution in [3.63, 3.8) is 0 Å². The van der Waals surface area contributed by atoms with Crippen molar-refractivity contribution in [2.45, 2.75) is 20.4 Å². The number of rotatable bonds is 8. The van der Waals surface area contributed by atoms with Crippen molar-refractivity contribution in [3.05, 3.63) is 71.0 Å². The summed E-state index contributed by atoms with van der Waals surface area (Å²) >= 11 is 0. The van der Waals surface area contributed by atoms with E-state index in [1.807, 2.05) is 37.3 Å². The summed E-state index contributed by atoms with van der Waals surface area (Å²) in [6.07, 6.45) is 0. The van der Waals surface area contributed by atoms with E-state index in [4.69, 9.17) is 14.2 Å². The van der Waals surface area contributed by atoms with Gasteiger partial charge in [0.15, 0.2) is 18.1 Å². The van der Waals surface area contributed by atoms with Crippen LogP contribution >= 0.6 is 0 Å². The van der Waals surface area contributed by atoms with E-state index in [0.29, 0.717) is 40.7 Å². The first-order valence-corrected chi connectivity index (χ1v) is 9.70. The highest BCUT2D eigenvalue weighted by molar-refractivity contribution is 5.96. The average molecular weight is 423 g/mol. The lowest BCUT2D eigenvalue weighted by molar-refractivity contribution is -0.119. The molecule has 0 radical (unpaired) electrons. The van der Waals surface area contributed by atoms with Crippen molar-refractivity contribution in [3.8, 4) is 11.5 Å². The fourth-order valence-corrected chi connectivity index (χ4v) is 3.22. The Hall–Kier alpha value is -3.81. The summed E-state index contributed by atoms with van der Waals surface area (Å²) in [7, 11) is 3.04. The minimum atomic E-state index is -0.586. The Labute approximate surface area is 180 Å². The van der Waals surface area contributed by atoms with Crippen LogP contribution in [0.3, 0.4) is 0 Å². The molecular weight excluding hydrogens is 398 g/mol. The smallest absolute Gasteiger partial charge is 0.342 e. The highest BCUT2D eigenvalue weighted by Crippen LogP contribution is 2.29. The van der Waals surface area contributed by atoms with Crippen LogP contribution in [0, 0.1) is 13.8 Å². The number of aryl methyl sites for hydroxylation is 1. The van der Waals surface area contributed by atoms with Crippen molar-refractivity contribution in [1.29, 1.82) is 0 Å². The van der Waals surface area contributed by atoms with Gasteiger partial charge in [-0.2, -0.15) is 5.10 Å². The first-order chi connectivity index (χ1) is 14.9. The van der Waals surface area contributed by atoms with Crippen LogP contribution in [0.15, 0.2) is 48.5 Å². The molecule has 0 fully saturated rings. The van der Waals surface area contributed by atoms with Crippen molar-refractivity contribution in [2.75, 3.05) is 26.1 Å². The molecule has 0 bridgehead atoms. The second-order valence-corrected chi connectivity index (χ2v) is 6.88. The number of aromatic nitrogens is 2. The normalized spacial score (nSPS) is 10.5. The number of hydrogen-bond acceptors (Lipinski definition) is 6. The summed E-state index contributed by atoms with van der Waals surface area (Å²) in [4.78, 5) is 24.8. The molecule has 2 aromatic carbocycles. The Kier molecular flexibility index (Phi) is 6.92. The molecule has 0 saturated heterocycles. The predicted molar refractivity (Wildman–Crippen MR) is 116 cm³/mol. The van der Waals surface area contributed by atoms with E-state index in [2.05, 4.69) is 10.4 Å². The monoisotopic (exact) mass is 423 g/mol. The summed E-state index contributed by atoms with van der Waals surface area (Å²) in [6.45, 7) is 3.68. The Morgan fingerprint density at radius 2 is 1.71 bits per heavy atom. The maximum atomic E-state index is 12.6. The molecule has 162 valence electrons. The summed E-state index contributed by atoms with van der Waals surface area (Å²) in [5.41, 5.74) is 3.18. The topological polar surface area (TPSA) is 91.7 Å². The van der Waals surface area contributed by atoms with E-state index in [1.54, 1.807) is 29.8 Å². The molecule has 1 aromatic heterocycles. The zero-order valence-electron chi connectivity index (χ0n) is 18.0. The second-order valence-electron chi connectivity index (χ2n) is 6.88. The van der Waals surface area contributed by atoms with Gasteiger partial charge in [-0.1, -0.05) is 30.3 Å². The van der Waals surface area contributed by atoms with Gasteiger partial charge in [0.1, 0.15) is 5.56 Å². The van der Waals surface area contributed by atoms with Crippen LogP contribution < -0.4 is 14.8 Å². The van der Waals surface area contributed by atoms with Gasteiger partial charge in [0, 0.05) is 11.8 Å². The van der Waals surface area contributed by atoms with E-state index in [9.17, 15) is 9.59 Å². The molecule has 1 amide bonds. The van der Waals surface area contributed by atoms with Crippen molar-refractivity contribution in [1.82, 2.24) is 9.78 Å². The van der Waals surface area contributed by atoms with Crippen LogP contribution in [0.1, 0.15) is 27.3 Å². The number of esters is 1. The lowest BCUT2D eigenvalue weighted by Gasteiger charge is -2.11. The molecule has 31 heavy (non-hydrogen) atoms. The third kappa shape index (κ3) is 5.22. The van der Waals surface area contributed by atoms with Crippen molar-refractivity contribution >= 4 is 17.6 Å². The number of methoxy groups -OCH3 is 2. The number of amides is 1. The van der Waals surface area contributed by atoms with Crippen molar-refractivity contribution in [2.24, 2.45) is 0 Å². The van der Waals surface area contributed by atoms with E-state index < -0.39 is 18.5 Å². The van der Waals surface area contributed by atoms with Crippen LogP contribution in [-0.4, -0.2) is 42.5 Å². The minimum Gasteiger partial charge on any atom is -0.493 e. The third-order valence-electron chi connectivity index (χ3n) is 4.76. The summed E-state index contributed by atoms with van der Waals surface area (Å²) < 4.78 is 17.4. The number of nitrogens with zero attached hydrogens (tertiary/aromatic N) is 2. The molecule has 0 aliphatic rings. The van der Waals surface area contributed by atoms with Gasteiger partial charge in [0.05, 0.1) is 32.2 Å². The zero-order valence-corrected chi connectivity index (χ0v) is 18.0. The Morgan fingerprint density at radius 1 is 1.00 bits per heavy atom. The Bertz CT molecular complexity index is 1080. The molecule has 8 heteroatoms. The number of ether oxygens (including phenoxy) is 3. The van der Waals surface area contributed by atoms with Gasteiger partial charge in [-0.05, 0) is 31.5 Å². The quantitative estimate of drug-likeness (QED) is 0.559. The zero-order chi connectivity index (χ0) is 22.4. The average Bonchev–Trinajstić information content (AvgIpc) is 3.05. The maximum Gasteiger partial charge on any atom is 0.342 e. The van der Waals surface area contributed by atoms with Crippen LogP contribution in [0.2, 0.25) is 0 Å². The summed E-state index contributed by atoms with van der Waals surface area (Å²) in [5.74, 6) is -0.0240. The molecule has 3 aromatic rings.